The van der Waals surface area contributed by atoms with Gasteiger partial charge in [-0.25, -0.2) is 0 Å². The van der Waals surface area contributed by atoms with Gasteiger partial charge in [0.1, 0.15) is 17.1 Å². The first-order chi connectivity index (χ1) is 16.2. The topological polar surface area (TPSA) is 42.7 Å². The SMILES string of the molecule is CCN(CC)CCCOc1ccc(C(=O)c2c(Cc3ccccc3)oc3ccccc23)cc1. The van der Waals surface area contributed by atoms with Gasteiger partial charge in [0, 0.05) is 23.9 Å². The summed E-state index contributed by atoms with van der Waals surface area (Å²) in [5, 5.41) is 0.852. The second kappa shape index (κ2) is 11.0. The highest BCUT2D eigenvalue weighted by Gasteiger charge is 2.22. The molecular weight excluding hydrogens is 410 g/mol. The Labute approximate surface area is 195 Å². The van der Waals surface area contributed by atoms with E-state index in [-0.39, 0.29) is 5.78 Å². The lowest BCUT2D eigenvalue weighted by atomic mass is 9.97. The Balaban J connectivity index is 1.50. The molecule has 0 unspecified atom stereocenters. The van der Waals surface area contributed by atoms with Crippen molar-refractivity contribution in [1.29, 1.82) is 0 Å². The number of nitrogens with zero attached hydrogens (tertiary/aromatic N) is 1. The number of ketones is 1. The molecule has 0 amide bonds. The number of carbonyl (C=O) groups is 1. The molecule has 0 fully saturated rings. The van der Waals surface area contributed by atoms with Gasteiger partial charge >= 0.3 is 0 Å². The number of para-hydroxylation sites is 1. The summed E-state index contributed by atoms with van der Waals surface area (Å²) in [6, 6.07) is 25.3. The van der Waals surface area contributed by atoms with E-state index >= 15 is 0 Å². The van der Waals surface area contributed by atoms with E-state index in [1.54, 1.807) is 0 Å². The zero-order valence-corrected chi connectivity index (χ0v) is 19.4. The van der Waals surface area contributed by atoms with Gasteiger partial charge in [0.15, 0.2) is 5.78 Å². The van der Waals surface area contributed by atoms with E-state index in [9.17, 15) is 4.79 Å². The molecule has 4 nitrogen and oxygen atoms in total. The van der Waals surface area contributed by atoms with Gasteiger partial charge in [-0.3, -0.25) is 4.79 Å². The Morgan fingerprint density at radius 2 is 1.58 bits per heavy atom. The monoisotopic (exact) mass is 441 g/mol. The van der Waals surface area contributed by atoms with E-state index in [4.69, 9.17) is 9.15 Å². The van der Waals surface area contributed by atoms with Crippen LogP contribution in [-0.2, 0) is 6.42 Å². The molecule has 170 valence electrons. The highest BCUT2D eigenvalue weighted by atomic mass is 16.5. The summed E-state index contributed by atoms with van der Waals surface area (Å²) in [5.74, 6) is 1.45. The molecule has 4 heteroatoms. The molecule has 4 rings (SSSR count). The van der Waals surface area contributed by atoms with Gasteiger partial charge in [-0.1, -0.05) is 62.4 Å². The Kier molecular flexibility index (Phi) is 7.59. The Morgan fingerprint density at radius 3 is 2.30 bits per heavy atom. The number of rotatable bonds is 11. The van der Waals surface area contributed by atoms with Gasteiger partial charge < -0.3 is 14.1 Å². The molecule has 4 aromatic rings. The lowest BCUT2D eigenvalue weighted by molar-refractivity contribution is 0.103. The number of ether oxygens (including phenoxy) is 1. The zero-order chi connectivity index (χ0) is 23.0. The number of hydrogen-bond donors (Lipinski definition) is 0. The summed E-state index contributed by atoms with van der Waals surface area (Å²) < 4.78 is 12.0. The molecule has 0 aliphatic carbocycles. The van der Waals surface area contributed by atoms with E-state index in [0.717, 1.165) is 48.3 Å². The first-order valence-electron chi connectivity index (χ1n) is 11.7. The van der Waals surface area contributed by atoms with Crippen molar-refractivity contribution in [3.8, 4) is 5.75 Å². The number of hydrogen-bond acceptors (Lipinski definition) is 4. The van der Waals surface area contributed by atoms with Crippen molar-refractivity contribution in [2.75, 3.05) is 26.2 Å². The van der Waals surface area contributed by atoms with Crippen LogP contribution >= 0.6 is 0 Å². The number of carbonyl (C=O) groups excluding carboxylic acids is 1. The quantitative estimate of drug-likeness (QED) is 0.200. The summed E-state index contributed by atoms with van der Waals surface area (Å²) >= 11 is 0. The van der Waals surface area contributed by atoms with Crippen molar-refractivity contribution in [1.82, 2.24) is 4.90 Å². The van der Waals surface area contributed by atoms with Crippen LogP contribution in [0, 0.1) is 0 Å². The van der Waals surface area contributed by atoms with Crippen LogP contribution < -0.4 is 4.74 Å². The predicted molar refractivity (Wildman–Crippen MR) is 133 cm³/mol. The molecule has 3 aromatic carbocycles. The van der Waals surface area contributed by atoms with E-state index in [2.05, 4.69) is 18.7 Å². The van der Waals surface area contributed by atoms with Crippen molar-refractivity contribution < 1.29 is 13.9 Å². The second-order valence-electron chi connectivity index (χ2n) is 8.14. The summed E-state index contributed by atoms with van der Waals surface area (Å²) in [5.41, 5.74) is 3.12. The highest BCUT2D eigenvalue weighted by molar-refractivity contribution is 6.16. The fourth-order valence-corrected chi connectivity index (χ4v) is 4.12. The van der Waals surface area contributed by atoms with Gasteiger partial charge in [-0.2, -0.15) is 0 Å². The summed E-state index contributed by atoms with van der Waals surface area (Å²) in [4.78, 5) is 15.9. The molecule has 0 saturated heterocycles. The molecular formula is C29H31NO3. The zero-order valence-electron chi connectivity index (χ0n) is 19.4. The first-order valence-corrected chi connectivity index (χ1v) is 11.7. The molecule has 0 saturated carbocycles. The Morgan fingerprint density at radius 1 is 0.879 bits per heavy atom. The molecule has 0 N–H and O–H groups in total. The molecule has 1 heterocycles. The maximum Gasteiger partial charge on any atom is 0.197 e. The first kappa shape index (κ1) is 22.8. The Hall–Kier alpha value is -3.37. The van der Waals surface area contributed by atoms with Crippen molar-refractivity contribution in [3.05, 3.63) is 101 Å². The highest BCUT2D eigenvalue weighted by Crippen LogP contribution is 2.30. The van der Waals surface area contributed by atoms with E-state index in [1.165, 1.54) is 0 Å². The minimum Gasteiger partial charge on any atom is -0.494 e. The van der Waals surface area contributed by atoms with Crippen LogP contribution in [0.3, 0.4) is 0 Å². The second-order valence-corrected chi connectivity index (χ2v) is 8.14. The average Bonchev–Trinajstić information content (AvgIpc) is 3.22. The average molecular weight is 442 g/mol. The largest absolute Gasteiger partial charge is 0.494 e. The van der Waals surface area contributed by atoms with Gasteiger partial charge in [0.2, 0.25) is 0 Å². The van der Waals surface area contributed by atoms with Crippen LogP contribution in [0.1, 0.15) is 47.5 Å². The molecule has 0 bridgehead atoms. The van der Waals surface area contributed by atoms with Crippen LogP contribution in [0.4, 0.5) is 0 Å². The number of benzene rings is 3. The van der Waals surface area contributed by atoms with Gasteiger partial charge in [-0.05, 0) is 55.4 Å². The lowest BCUT2D eigenvalue weighted by Crippen LogP contribution is -2.25. The third-order valence-electron chi connectivity index (χ3n) is 6.00. The maximum atomic E-state index is 13.5. The van der Waals surface area contributed by atoms with Gasteiger partial charge in [0.25, 0.3) is 0 Å². The molecule has 0 aliphatic heterocycles. The fraction of sp³-hybridized carbons (Fsp3) is 0.276. The third kappa shape index (κ3) is 5.52. The number of fused-ring (bicyclic) bond motifs is 1. The van der Waals surface area contributed by atoms with Crippen LogP contribution in [-0.4, -0.2) is 36.9 Å². The minimum absolute atomic E-state index is 0.0287. The van der Waals surface area contributed by atoms with Crippen LogP contribution in [0.5, 0.6) is 5.75 Å². The molecule has 0 spiro atoms. The molecule has 0 aliphatic rings. The van der Waals surface area contributed by atoms with E-state index in [1.807, 2.05) is 78.9 Å². The smallest absolute Gasteiger partial charge is 0.197 e. The fourth-order valence-electron chi connectivity index (χ4n) is 4.12. The van der Waals surface area contributed by atoms with Crippen LogP contribution in [0.15, 0.2) is 83.3 Å². The van der Waals surface area contributed by atoms with Crippen LogP contribution in [0.25, 0.3) is 11.0 Å². The standard InChI is InChI=1S/C29H31NO3/c1-3-30(4-2)19-10-20-32-24-17-15-23(16-18-24)29(31)28-25-13-8-9-14-26(25)33-27(28)21-22-11-6-5-7-12-22/h5-9,11-18H,3-4,10,19-21H2,1-2H3. The summed E-state index contributed by atoms with van der Waals surface area (Å²) in [6.45, 7) is 8.16. The minimum atomic E-state index is -0.0287. The lowest BCUT2D eigenvalue weighted by Gasteiger charge is -2.17. The van der Waals surface area contributed by atoms with Crippen molar-refractivity contribution in [3.63, 3.8) is 0 Å². The number of furan rings is 1. The van der Waals surface area contributed by atoms with Crippen LogP contribution in [0.2, 0.25) is 0 Å². The summed E-state index contributed by atoms with van der Waals surface area (Å²) in [6.07, 6.45) is 1.55. The normalized spacial score (nSPS) is 11.2. The predicted octanol–water partition coefficient (Wildman–Crippen LogP) is 6.37. The van der Waals surface area contributed by atoms with E-state index < -0.39 is 0 Å². The van der Waals surface area contributed by atoms with Crippen molar-refractivity contribution in [2.45, 2.75) is 26.7 Å². The maximum absolute atomic E-state index is 13.5. The third-order valence-corrected chi connectivity index (χ3v) is 6.00. The molecule has 0 radical (unpaired) electrons. The van der Waals surface area contributed by atoms with Crippen molar-refractivity contribution >= 4 is 16.8 Å². The Bertz CT molecular complexity index is 1170. The summed E-state index contributed by atoms with van der Waals surface area (Å²) in [7, 11) is 0. The van der Waals surface area contributed by atoms with Crippen molar-refractivity contribution in [2.24, 2.45) is 0 Å². The molecule has 0 atom stereocenters. The molecule has 33 heavy (non-hydrogen) atoms. The molecule has 1 aromatic heterocycles. The van der Waals surface area contributed by atoms with E-state index in [0.29, 0.717) is 29.9 Å². The van der Waals surface area contributed by atoms with Gasteiger partial charge in [0.05, 0.1) is 12.2 Å². The van der Waals surface area contributed by atoms with Gasteiger partial charge in [-0.15, -0.1) is 0 Å².